The number of carbonyl (C=O) groups is 3. The molecule has 2 N–H and O–H groups in total. The standard InChI is InChI=1S/C37H41NO9.C9H19N2OP/c1-5-45-35(41)26-20-25(21-27(22-26)36(42)46-6-2)34(40)38-23-31(39)24-47-37(28-10-8-7-9-11-28,29-12-16-32(43-3)17-13-29)30-14-18-33(44-4)19-15-30;1-8(2)11(9(3)4)13-12-7-5-6-10/h7-14,16-18,20-22,31,39H,5-6,15,19,23-24H2,1-4H3,(H,38,40);8-9,13H,5,7H2,1-4H3. The smallest absolute Gasteiger partial charge is 0.338 e. The quantitative estimate of drug-likeness (QED) is 0.0606. The van der Waals surface area contributed by atoms with Crippen molar-refractivity contribution in [3.63, 3.8) is 0 Å². The second-order valence-electron chi connectivity index (χ2n) is 14.2. The van der Waals surface area contributed by atoms with E-state index in [1.54, 1.807) is 28.1 Å². The molecule has 60 heavy (non-hydrogen) atoms. The van der Waals surface area contributed by atoms with Gasteiger partial charge >= 0.3 is 11.9 Å². The molecule has 1 amide bonds. The van der Waals surface area contributed by atoms with Crippen LogP contribution in [0.3, 0.4) is 0 Å². The van der Waals surface area contributed by atoms with Gasteiger partial charge in [-0.3, -0.25) is 9.46 Å². The lowest BCUT2D eigenvalue weighted by molar-refractivity contribution is -0.0407. The summed E-state index contributed by atoms with van der Waals surface area (Å²) in [5.41, 5.74) is 1.70. The topological polar surface area (TPSA) is 166 Å². The summed E-state index contributed by atoms with van der Waals surface area (Å²) >= 11 is 0. The number of ether oxygens (including phenoxy) is 5. The molecule has 0 saturated heterocycles. The Labute approximate surface area is 356 Å². The third-order valence-electron chi connectivity index (χ3n) is 9.31. The zero-order valence-electron chi connectivity index (χ0n) is 36.0. The highest BCUT2D eigenvalue weighted by Crippen LogP contribution is 2.44. The zero-order chi connectivity index (χ0) is 44.1. The molecular weight excluding hydrogens is 785 g/mol. The predicted octanol–water partition coefficient (Wildman–Crippen LogP) is 7.89. The van der Waals surface area contributed by atoms with Gasteiger partial charge in [-0.25, -0.2) is 9.59 Å². The summed E-state index contributed by atoms with van der Waals surface area (Å²) in [6.07, 6.45) is 4.60. The summed E-state index contributed by atoms with van der Waals surface area (Å²) in [4.78, 5) is 38.1. The molecule has 0 spiro atoms. The molecule has 3 unspecified atom stereocenters. The number of rotatable bonds is 21. The minimum Gasteiger partial charge on any atom is -0.501 e. The van der Waals surface area contributed by atoms with Gasteiger partial charge in [-0.05, 0) is 101 Å². The van der Waals surface area contributed by atoms with Gasteiger partial charge in [0.15, 0.2) is 0 Å². The van der Waals surface area contributed by atoms with Gasteiger partial charge in [0, 0.05) is 30.6 Å². The Morgan fingerprint density at radius 2 is 1.42 bits per heavy atom. The van der Waals surface area contributed by atoms with E-state index >= 15 is 0 Å². The summed E-state index contributed by atoms with van der Waals surface area (Å²) < 4.78 is 35.4. The normalized spacial score (nSPS) is 14.0. The van der Waals surface area contributed by atoms with Crippen molar-refractivity contribution in [3.05, 3.63) is 124 Å². The number of nitriles is 1. The lowest BCUT2D eigenvalue weighted by atomic mass is 9.76. The number of hydrogen-bond donors (Lipinski definition) is 2. The molecule has 0 aromatic heterocycles. The molecule has 3 aromatic carbocycles. The van der Waals surface area contributed by atoms with E-state index in [1.807, 2.05) is 66.7 Å². The minimum atomic E-state index is -1.12. The third kappa shape index (κ3) is 14.3. The maximum Gasteiger partial charge on any atom is 0.338 e. The fraction of sp³-hybridized carbons (Fsp3) is 0.435. The van der Waals surface area contributed by atoms with Crippen LogP contribution in [0.2, 0.25) is 0 Å². The second-order valence-corrected chi connectivity index (χ2v) is 15.1. The minimum absolute atomic E-state index is 0.0324. The van der Waals surface area contributed by atoms with E-state index in [0.717, 1.165) is 22.5 Å². The molecule has 0 aliphatic heterocycles. The van der Waals surface area contributed by atoms with Crippen LogP contribution in [0, 0.1) is 11.3 Å². The lowest BCUT2D eigenvalue weighted by Crippen LogP contribution is -2.40. The number of aliphatic hydroxyl groups excluding tert-OH is 1. The predicted molar refractivity (Wildman–Crippen MR) is 232 cm³/mol. The van der Waals surface area contributed by atoms with Crippen molar-refractivity contribution in [3.8, 4) is 11.8 Å². The molecule has 324 valence electrons. The number of nitrogens with one attached hydrogen (secondary N) is 1. The molecule has 0 saturated carbocycles. The molecule has 0 heterocycles. The van der Waals surface area contributed by atoms with E-state index in [2.05, 4.69) is 43.8 Å². The van der Waals surface area contributed by atoms with Crippen LogP contribution in [-0.2, 0) is 29.1 Å². The monoisotopic (exact) mass is 845 g/mol. The van der Waals surface area contributed by atoms with Gasteiger partial charge in [0.25, 0.3) is 5.91 Å². The molecule has 0 bridgehead atoms. The SMILES string of the molecule is CC(C)N(POCCC#N)C(C)C.CCOC(=O)c1cc(C(=O)NCC(O)COC(C2=CC=C(OC)CC2)(c2ccccc2)c2ccc(OC)cc2)cc(C(=O)OCC)c1. The van der Waals surface area contributed by atoms with E-state index < -0.39 is 29.6 Å². The van der Waals surface area contributed by atoms with Crippen LogP contribution >= 0.6 is 8.96 Å². The fourth-order valence-electron chi connectivity index (χ4n) is 6.42. The Balaban J connectivity index is 0.000000636. The van der Waals surface area contributed by atoms with Gasteiger partial charge in [-0.1, -0.05) is 48.5 Å². The maximum absolute atomic E-state index is 13.2. The zero-order valence-corrected chi connectivity index (χ0v) is 37.0. The van der Waals surface area contributed by atoms with Crippen LogP contribution in [0.15, 0.2) is 96.3 Å². The number of nitrogens with zero attached hydrogens (tertiary/aromatic N) is 2. The van der Waals surface area contributed by atoms with Gasteiger partial charge in [-0.15, -0.1) is 0 Å². The summed E-state index contributed by atoms with van der Waals surface area (Å²) in [5.74, 6) is -0.414. The number of allylic oxidation sites excluding steroid dienone is 3. The van der Waals surface area contributed by atoms with Crippen LogP contribution in [0.5, 0.6) is 5.75 Å². The first-order valence-electron chi connectivity index (χ1n) is 20.1. The Bertz CT molecular complexity index is 1880. The second kappa shape index (κ2) is 25.5. The molecule has 3 atom stereocenters. The van der Waals surface area contributed by atoms with Crippen molar-refractivity contribution < 1.29 is 47.7 Å². The van der Waals surface area contributed by atoms with Crippen molar-refractivity contribution in [2.24, 2.45) is 0 Å². The van der Waals surface area contributed by atoms with Gasteiger partial charge in [-0.2, -0.15) is 5.26 Å². The van der Waals surface area contributed by atoms with Crippen LogP contribution in [-0.4, -0.2) is 93.0 Å². The highest BCUT2D eigenvalue weighted by Gasteiger charge is 2.40. The first kappa shape index (κ1) is 49.3. The van der Waals surface area contributed by atoms with E-state index in [-0.39, 0.29) is 43.1 Å². The number of benzene rings is 3. The van der Waals surface area contributed by atoms with Crippen molar-refractivity contribution in [2.45, 2.75) is 84.6 Å². The van der Waals surface area contributed by atoms with Gasteiger partial charge in [0.2, 0.25) is 0 Å². The van der Waals surface area contributed by atoms with Gasteiger partial charge in [0.05, 0.1) is 85.1 Å². The number of hydrogen-bond acceptors (Lipinski definition) is 12. The highest BCUT2D eigenvalue weighted by atomic mass is 31.1. The average molecular weight is 846 g/mol. The van der Waals surface area contributed by atoms with E-state index in [0.29, 0.717) is 52.7 Å². The number of esters is 2. The molecule has 13 nitrogen and oxygen atoms in total. The summed E-state index contributed by atoms with van der Waals surface area (Å²) in [6, 6.07) is 24.4. The summed E-state index contributed by atoms with van der Waals surface area (Å²) in [7, 11) is 3.62. The third-order valence-corrected chi connectivity index (χ3v) is 10.9. The van der Waals surface area contributed by atoms with Crippen LogP contribution in [0.1, 0.15) is 103 Å². The van der Waals surface area contributed by atoms with Gasteiger partial charge < -0.3 is 38.6 Å². The Morgan fingerprint density at radius 3 is 1.92 bits per heavy atom. The molecule has 4 rings (SSSR count). The lowest BCUT2D eigenvalue weighted by Gasteiger charge is -2.39. The highest BCUT2D eigenvalue weighted by molar-refractivity contribution is 7.29. The van der Waals surface area contributed by atoms with Crippen molar-refractivity contribution in [2.75, 3.05) is 47.2 Å². The number of methoxy groups -OCH3 is 2. The molecule has 0 radical (unpaired) electrons. The van der Waals surface area contributed by atoms with Gasteiger partial charge in [0.1, 0.15) is 11.4 Å². The maximum atomic E-state index is 13.2. The molecule has 1 aliphatic rings. The average Bonchev–Trinajstić information content (AvgIpc) is 3.26. The number of carbonyl (C=O) groups excluding carboxylic acids is 3. The van der Waals surface area contributed by atoms with Crippen molar-refractivity contribution in [1.29, 1.82) is 5.26 Å². The molecule has 14 heteroatoms. The van der Waals surface area contributed by atoms with Crippen molar-refractivity contribution in [1.82, 2.24) is 9.99 Å². The first-order chi connectivity index (χ1) is 28.8. The van der Waals surface area contributed by atoms with Crippen LogP contribution < -0.4 is 10.1 Å². The van der Waals surface area contributed by atoms with E-state index in [4.69, 9.17) is 33.5 Å². The summed E-state index contributed by atoms with van der Waals surface area (Å²) in [6.45, 7) is 12.4. The number of aliphatic hydroxyl groups is 1. The Hall–Kier alpha value is -5.09. The molecule has 0 fully saturated rings. The molecule has 1 aliphatic carbocycles. The Morgan fingerprint density at radius 1 is 0.833 bits per heavy atom. The Kier molecular flexibility index (Phi) is 21.0. The molecular formula is C46H60N3O10P. The van der Waals surface area contributed by atoms with Crippen LogP contribution in [0.25, 0.3) is 0 Å². The largest absolute Gasteiger partial charge is 0.501 e. The molecule has 3 aromatic rings. The fourth-order valence-corrected chi connectivity index (χ4v) is 7.18. The van der Waals surface area contributed by atoms with Crippen LogP contribution in [0.4, 0.5) is 0 Å². The van der Waals surface area contributed by atoms with Crippen molar-refractivity contribution >= 4 is 26.8 Å². The van der Waals surface area contributed by atoms with E-state index in [9.17, 15) is 19.5 Å². The number of amides is 1. The summed E-state index contributed by atoms with van der Waals surface area (Å²) in [5, 5.41) is 22.1. The van der Waals surface area contributed by atoms with E-state index in [1.165, 1.54) is 18.2 Å². The first-order valence-corrected chi connectivity index (χ1v) is 21.0.